The fourth-order valence-electron chi connectivity index (χ4n) is 1.31. The van der Waals surface area contributed by atoms with Gasteiger partial charge in [-0.05, 0) is 52.4 Å². The van der Waals surface area contributed by atoms with Gasteiger partial charge in [0.15, 0.2) is 0 Å². The Hall–Kier alpha value is -1.22. The zero-order valence-electron chi connectivity index (χ0n) is 10.2. The molecule has 1 N–H and O–H groups in total. The van der Waals surface area contributed by atoms with E-state index >= 15 is 0 Å². The van der Waals surface area contributed by atoms with Crippen molar-refractivity contribution >= 4 is 51.8 Å². The Bertz CT molecular complexity index is 608. The van der Waals surface area contributed by atoms with Crippen molar-refractivity contribution in [1.82, 2.24) is 15.0 Å². The SMILES string of the molecule is CN(C)c1nc(Cl)nc(Nc2ccc(F)cc2I)n1. The van der Waals surface area contributed by atoms with Gasteiger partial charge in [-0.3, -0.25) is 0 Å². The Morgan fingerprint density at radius 3 is 2.63 bits per heavy atom. The van der Waals surface area contributed by atoms with Gasteiger partial charge in [-0.2, -0.15) is 15.0 Å². The molecule has 0 amide bonds. The highest BCUT2D eigenvalue weighted by Crippen LogP contribution is 2.22. The van der Waals surface area contributed by atoms with Crippen LogP contribution in [0.25, 0.3) is 0 Å². The van der Waals surface area contributed by atoms with Crippen molar-refractivity contribution in [1.29, 1.82) is 0 Å². The highest BCUT2D eigenvalue weighted by Gasteiger charge is 2.08. The molecule has 0 spiro atoms. The number of anilines is 3. The van der Waals surface area contributed by atoms with Crippen LogP contribution in [0.3, 0.4) is 0 Å². The van der Waals surface area contributed by atoms with Gasteiger partial charge in [-0.15, -0.1) is 0 Å². The van der Waals surface area contributed by atoms with Gasteiger partial charge in [0.25, 0.3) is 0 Å². The molecule has 0 fully saturated rings. The van der Waals surface area contributed by atoms with Crippen molar-refractivity contribution in [3.05, 3.63) is 32.9 Å². The summed E-state index contributed by atoms with van der Waals surface area (Å²) in [5.41, 5.74) is 0.703. The van der Waals surface area contributed by atoms with Crippen molar-refractivity contribution in [3.8, 4) is 0 Å². The van der Waals surface area contributed by atoms with Gasteiger partial charge in [0, 0.05) is 17.7 Å². The lowest BCUT2D eigenvalue weighted by atomic mass is 10.3. The van der Waals surface area contributed by atoms with E-state index in [9.17, 15) is 4.39 Å². The second kappa shape index (κ2) is 5.83. The monoisotopic (exact) mass is 393 g/mol. The van der Waals surface area contributed by atoms with E-state index in [-0.39, 0.29) is 11.1 Å². The van der Waals surface area contributed by atoms with E-state index in [2.05, 4.69) is 20.3 Å². The summed E-state index contributed by atoms with van der Waals surface area (Å²) in [5.74, 6) is 0.463. The molecule has 0 saturated carbocycles. The van der Waals surface area contributed by atoms with Crippen LogP contribution in [-0.4, -0.2) is 29.0 Å². The van der Waals surface area contributed by atoms with Gasteiger partial charge in [0.1, 0.15) is 5.82 Å². The molecule has 0 bridgehead atoms. The molecule has 0 aliphatic rings. The molecule has 100 valence electrons. The number of nitrogens with zero attached hydrogens (tertiary/aromatic N) is 4. The van der Waals surface area contributed by atoms with Crippen LogP contribution < -0.4 is 10.2 Å². The molecule has 0 saturated heterocycles. The van der Waals surface area contributed by atoms with Gasteiger partial charge in [0.2, 0.25) is 17.2 Å². The number of benzene rings is 1. The van der Waals surface area contributed by atoms with Crippen LogP contribution in [0.5, 0.6) is 0 Å². The minimum Gasteiger partial charge on any atom is -0.347 e. The van der Waals surface area contributed by atoms with Crippen molar-refractivity contribution in [3.63, 3.8) is 0 Å². The maximum Gasteiger partial charge on any atom is 0.233 e. The van der Waals surface area contributed by atoms with Crippen LogP contribution in [0, 0.1) is 9.39 Å². The number of hydrogen-bond acceptors (Lipinski definition) is 5. The largest absolute Gasteiger partial charge is 0.347 e. The second-order valence-electron chi connectivity index (χ2n) is 3.87. The van der Waals surface area contributed by atoms with Crippen LogP contribution in [0.1, 0.15) is 0 Å². The lowest BCUT2D eigenvalue weighted by molar-refractivity contribution is 0.627. The zero-order valence-corrected chi connectivity index (χ0v) is 13.1. The summed E-state index contributed by atoms with van der Waals surface area (Å²) < 4.78 is 13.7. The Morgan fingerprint density at radius 2 is 2.00 bits per heavy atom. The van der Waals surface area contributed by atoms with Gasteiger partial charge < -0.3 is 10.2 Å². The Labute approximate surface area is 128 Å². The van der Waals surface area contributed by atoms with Crippen LogP contribution in [0.2, 0.25) is 5.28 Å². The summed E-state index contributed by atoms with van der Waals surface area (Å²) in [6, 6.07) is 4.39. The summed E-state index contributed by atoms with van der Waals surface area (Å²) in [7, 11) is 3.61. The lowest BCUT2D eigenvalue weighted by Gasteiger charge is -2.12. The molecule has 0 unspecified atom stereocenters. The maximum absolute atomic E-state index is 13.0. The minimum absolute atomic E-state index is 0.0957. The Morgan fingerprint density at radius 1 is 1.26 bits per heavy atom. The molecule has 0 atom stereocenters. The molecule has 0 aliphatic heterocycles. The molecule has 19 heavy (non-hydrogen) atoms. The molecule has 1 aromatic heterocycles. The average molecular weight is 394 g/mol. The predicted octanol–water partition coefficient (Wildman–Crippen LogP) is 3.08. The zero-order chi connectivity index (χ0) is 14.0. The van der Waals surface area contributed by atoms with Crippen LogP contribution in [0.15, 0.2) is 18.2 Å². The van der Waals surface area contributed by atoms with Gasteiger partial charge >= 0.3 is 0 Å². The molecule has 2 aromatic rings. The van der Waals surface area contributed by atoms with E-state index in [4.69, 9.17) is 11.6 Å². The van der Waals surface area contributed by atoms with E-state index in [1.165, 1.54) is 12.1 Å². The van der Waals surface area contributed by atoms with E-state index in [0.29, 0.717) is 17.6 Å². The van der Waals surface area contributed by atoms with Crippen LogP contribution >= 0.6 is 34.2 Å². The first kappa shape index (κ1) is 14.2. The molecular formula is C11H10ClFIN5. The number of hydrogen-bond donors (Lipinski definition) is 1. The molecule has 0 radical (unpaired) electrons. The minimum atomic E-state index is -0.294. The first-order valence-electron chi connectivity index (χ1n) is 5.26. The van der Waals surface area contributed by atoms with Gasteiger partial charge in [-0.25, -0.2) is 4.39 Å². The van der Waals surface area contributed by atoms with Crippen LogP contribution in [-0.2, 0) is 0 Å². The van der Waals surface area contributed by atoms with Crippen molar-refractivity contribution in [2.75, 3.05) is 24.3 Å². The highest BCUT2D eigenvalue weighted by atomic mass is 127. The van der Waals surface area contributed by atoms with E-state index < -0.39 is 0 Å². The molecule has 5 nitrogen and oxygen atoms in total. The third-order valence-electron chi connectivity index (χ3n) is 2.17. The third kappa shape index (κ3) is 3.63. The summed E-state index contributed by atoms with van der Waals surface area (Å²) in [4.78, 5) is 13.9. The van der Waals surface area contributed by atoms with Crippen LogP contribution in [0.4, 0.5) is 22.0 Å². The molecule has 1 heterocycles. The fourth-order valence-corrected chi connectivity index (χ4v) is 2.07. The van der Waals surface area contributed by atoms with E-state index in [1.54, 1.807) is 25.1 Å². The van der Waals surface area contributed by atoms with Gasteiger partial charge in [-0.1, -0.05) is 0 Å². The predicted molar refractivity (Wildman–Crippen MR) is 81.6 cm³/mol. The second-order valence-corrected chi connectivity index (χ2v) is 5.37. The van der Waals surface area contributed by atoms with Gasteiger partial charge in [0.05, 0.1) is 5.69 Å². The normalized spacial score (nSPS) is 10.4. The Kier molecular flexibility index (Phi) is 4.35. The summed E-state index contributed by atoms with van der Waals surface area (Å²) in [6.07, 6.45) is 0. The standard InChI is InChI=1S/C11H10ClFIN5/c1-19(2)11-17-9(12)16-10(18-11)15-8-4-3-6(13)5-7(8)14/h3-5H,1-2H3,(H,15,16,17,18). The first-order valence-corrected chi connectivity index (χ1v) is 6.72. The third-order valence-corrected chi connectivity index (χ3v) is 3.24. The van der Waals surface area contributed by atoms with Crippen molar-refractivity contribution < 1.29 is 4.39 Å². The number of halogens is 3. The topological polar surface area (TPSA) is 53.9 Å². The molecule has 8 heteroatoms. The number of aromatic nitrogens is 3. The summed E-state index contributed by atoms with van der Waals surface area (Å²) in [6.45, 7) is 0. The number of nitrogens with one attached hydrogen (secondary N) is 1. The average Bonchev–Trinajstić information content (AvgIpc) is 2.32. The van der Waals surface area contributed by atoms with Crippen molar-refractivity contribution in [2.24, 2.45) is 0 Å². The maximum atomic E-state index is 13.0. The molecule has 2 rings (SSSR count). The molecule has 0 aliphatic carbocycles. The quantitative estimate of drug-likeness (QED) is 0.812. The Balaban J connectivity index is 2.32. The smallest absolute Gasteiger partial charge is 0.233 e. The molecule has 1 aromatic carbocycles. The molecular weight excluding hydrogens is 384 g/mol. The van der Waals surface area contributed by atoms with E-state index in [1.807, 2.05) is 22.6 Å². The number of rotatable bonds is 3. The van der Waals surface area contributed by atoms with E-state index in [0.717, 1.165) is 3.57 Å². The summed E-state index contributed by atoms with van der Waals surface area (Å²) in [5, 5.41) is 3.08. The highest BCUT2D eigenvalue weighted by molar-refractivity contribution is 14.1. The lowest BCUT2D eigenvalue weighted by Crippen LogP contribution is -2.14. The van der Waals surface area contributed by atoms with Crippen molar-refractivity contribution in [2.45, 2.75) is 0 Å². The first-order chi connectivity index (χ1) is 8.95. The summed E-state index contributed by atoms with van der Waals surface area (Å²) >= 11 is 7.86. The fraction of sp³-hybridized carbons (Fsp3) is 0.182.